The standard InChI is InChI=1S/C18H38N2O/c1-5-10-16-11-12-18(21)17(15-16)20(8-4)14-9-13-19(6-2)7-3/h16-18,21H,5-15H2,1-4H3. The zero-order valence-electron chi connectivity index (χ0n) is 14.9. The van der Waals surface area contributed by atoms with Crippen molar-refractivity contribution in [2.24, 2.45) is 5.92 Å². The molecule has 0 aromatic carbocycles. The van der Waals surface area contributed by atoms with Gasteiger partial charge in [0.05, 0.1) is 6.10 Å². The van der Waals surface area contributed by atoms with Crippen LogP contribution in [0.15, 0.2) is 0 Å². The van der Waals surface area contributed by atoms with E-state index in [1.54, 1.807) is 0 Å². The Labute approximate surface area is 132 Å². The molecule has 3 atom stereocenters. The third kappa shape index (κ3) is 6.25. The Kier molecular flexibility index (Phi) is 9.54. The van der Waals surface area contributed by atoms with Gasteiger partial charge in [-0.3, -0.25) is 4.90 Å². The molecule has 0 amide bonds. The normalized spacial score (nSPS) is 26.7. The predicted molar refractivity (Wildman–Crippen MR) is 91.7 cm³/mol. The molecule has 3 heteroatoms. The Hall–Kier alpha value is -0.120. The number of hydrogen-bond donors (Lipinski definition) is 1. The summed E-state index contributed by atoms with van der Waals surface area (Å²) < 4.78 is 0. The van der Waals surface area contributed by atoms with Gasteiger partial charge >= 0.3 is 0 Å². The lowest BCUT2D eigenvalue weighted by atomic mass is 9.80. The van der Waals surface area contributed by atoms with Crippen LogP contribution < -0.4 is 0 Å². The second-order valence-corrected chi connectivity index (χ2v) is 6.61. The summed E-state index contributed by atoms with van der Waals surface area (Å²) in [5.74, 6) is 0.834. The zero-order chi connectivity index (χ0) is 15.7. The maximum absolute atomic E-state index is 10.4. The molecule has 1 N–H and O–H groups in total. The van der Waals surface area contributed by atoms with Crippen molar-refractivity contribution in [1.29, 1.82) is 0 Å². The number of aliphatic hydroxyl groups excluding tert-OH is 1. The van der Waals surface area contributed by atoms with E-state index in [-0.39, 0.29) is 6.10 Å². The minimum absolute atomic E-state index is 0.105. The average molecular weight is 299 g/mol. The van der Waals surface area contributed by atoms with Crippen LogP contribution >= 0.6 is 0 Å². The van der Waals surface area contributed by atoms with E-state index in [2.05, 4.69) is 37.5 Å². The number of hydrogen-bond acceptors (Lipinski definition) is 3. The van der Waals surface area contributed by atoms with Gasteiger partial charge in [-0.1, -0.05) is 40.5 Å². The van der Waals surface area contributed by atoms with Crippen LogP contribution in [0.4, 0.5) is 0 Å². The topological polar surface area (TPSA) is 26.7 Å². The number of nitrogens with zero attached hydrogens (tertiary/aromatic N) is 2. The van der Waals surface area contributed by atoms with Crippen molar-refractivity contribution in [3.05, 3.63) is 0 Å². The lowest BCUT2D eigenvalue weighted by molar-refractivity contribution is 0.00235. The molecule has 0 aromatic rings. The van der Waals surface area contributed by atoms with Crippen LogP contribution in [0, 0.1) is 5.92 Å². The van der Waals surface area contributed by atoms with Gasteiger partial charge in [-0.25, -0.2) is 0 Å². The minimum Gasteiger partial charge on any atom is -0.391 e. The van der Waals surface area contributed by atoms with Crippen molar-refractivity contribution >= 4 is 0 Å². The fourth-order valence-electron chi connectivity index (χ4n) is 3.87. The SMILES string of the molecule is CCCC1CCC(O)C(N(CC)CCCN(CC)CC)C1. The molecule has 3 unspecified atom stereocenters. The molecule has 126 valence electrons. The summed E-state index contributed by atoms with van der Waals surface area (Å²) in [7, 11) is 0. The largest absolute Gasteiger partial charge is 0.391 e. The molecule has 0 radical (unpaired) electrons. The van der Waals surface area contributed by atoms with Gasteiger partial charge < -0.3 is 10.0 Å². The van der Waals surface area contributed by atoms with Crippen molar-refractivity contribution in [2.45, 2.75) is 78.4 Å². The van der Waals surface area contributed by atoms with Gasteiger partial charge in [0.2, 0.25) is 0 Å². The molecule has 0 spiro atoms. The molecular formula is C18H38N2O. The Bertz CT molecular complexity index is 256. The summed E-state index contributed by atoms with van der Waals surface area (Å²) in [4.78, 5) is 5.03. The summed E-state index contributed by atoms with van der Waals surface area (Å²) in [6.45, 7) is 14.7. The van der Waals surface area contributed by atoms with Crippen molar-refractivity contribution < 1.29 is 5.11 Å². The molecule has 0 bridgehead atoms. The van der Waals surface area contributed by atoms with Crippen LogP contribution in [-0.4, -0.2) is 59.8 Å². The van der Waals surface area contributed by atoms with Crippen LogP contribution in [0.3, 0.4) is 0 Å². The first-order valence-electron chi connectivity index (χ1n) is 9.30. The Morgan fingerprint density at radius 3 is 2.24 bits per heavy atom. The maximum Gasteiger partial charge on any atom is 0.0695 e. The highest BCUT2D eigenvalue weighted by molar-refractivity contribution is 4.86. The van der Waals surface area contributed by atoms with Crippen LogP contribution in [0.2, 0.25) is 0 Å². The van der Waals surface area contributed by atoms with Crippen LogP contribution in [0.1, 0.15) is 66.2 Å². The zero-order valence-corrected chi connectivity index (χ0v) is 14.9. The predicted octanol–water partition coefficient (Wildman–Crippen LogP) is 3.37. The molecule has 1 rings (SSSR count). The summed E-state index contributed by atoms with van der Waals surface area (Å²) in [5, 5.41) is 10.4. The Morgan fingerprint density at radius 1 is 0.952 bits per heavy atom. The molecule has 1 aliphatic carbocycles. The molecular weight excluding hydrogens is 260 g/mol. The second-order valence-electron chi connectivity index (χ2n) is 6.61. The van der Waals surface area contributed by atoms with Gasteiger partial charge in [0.1, 0.15) is 0 Å². The number of likely N-dealkylation sites (N-methyl/N-ethyl adjacent to an activating group) is 1. The molecule has 1 aliphatic rings. The molecule has 0 aromatic heterocycles. The van der Waals surface area contributed by atoms with Gasteiger partial charge in [-0.2, -0.15) is 0 Å². The fourth-order valence-corrected chi connectivity index (χ4v) is 3.87. The van der Waals surface area contributed by atoms with E-state index in [0.717, 1.165) is 38.5 Å². The summed E-state index contributed by atoms with van der Waals surface area (Å²) in [6, 6.07) is 0.400. The Balaban J connectivity index is 2.44. The highest BCUT2D eigenvalue weighted by Crippen LogP contribution is 2.31. The highest BCUT2D eigenvalue weighted by Gasteiger charge is 2.32. The summed E-state index contributed by atoms with van der Waals surface area (Å²) in [5.41, 5.74) is 0. The third-order valence-electron chi connectivity index (χ3n) is 5.28. The molecule has 0 aliphatic heterocycles. The lowest BCUT2D eigenvalue weighted by Crippen LogP contribution is -2.48. The summed E-state index contributed by atoms with van der Waals surface area (Å²) >= 11 is 0. The molecule has 3 nitrogen and oxygen atoms in total. The monoisotopic (exact) mass is 298 g/mol. The first-order chi connectivity index (χ1) is 10.2. The number of rotatable bonds is 10. The van der Waals surface area contributed by atoms with Crippen LogP contribution in [0.5, 0.6) is 0 Å². The van der Waals surface area contributed by atoms with Crippen molar-refractivity contribution in [3.8, 4) is 0 Å². The van der Waals surface area contributed by atoms with Crippen LogP contribution in [0.25, 0.3) is 0 Å². The minimum atomic E-state index is -0.105. The van der Waals surface area contributed by atoms with Gasteiger partial charge in [0.15, 0.2) is 0 Å². The first kappa shape index (κ1) is 18.9. The van der Waals surface area contributed by atoms with Gasteiger partial charge in [0.25, 0.3) is 0 Å². The molecule has 1 fully saturated rings. The quantitative estimate of drug-likeness (QED) is 0.670. The van der Waals surface area contributed by atoms with E-state index in [0.29, 0.717) is 6.04 Å². The lowest BCUT2D eigenvalue weighted by Gasteiger charge is -2.40. The second kappa shape index (κ2) is 10.6. The molecule has 0 heterocycles. The maximum atomic E-state index is 10.4. The molecule has 1 saturated carbocycles. The van der Waals surface area contributed by atoms with E-state index in [1.807, 2.05) is 0 Å². The van der Waals surface area contributed by atoms with E-state index in [1.165, 1.54) is 38.6 Å². The van der Waals surface area contributed by atoms with Gasteiger partial charge in [0, 0.05) is 6.04 Å². The van der Waals surface area contributed by atoms with Crippen LogP contribution in [-0.2, 0) is 0 Å². The van der Waals surface area contributed by atoms with Crippen molar-refractivity contribution in [3.63, 3.8) is 0 Å². The molecule has 0 saturated heterocycles. The van der Waals surface area contributed by atoms with E-state index in [9.17, 15) is 5.11 Å². The summed E-state index contributed by atoms with van der Waals surface area (Å²) in [6.07, 6.45) is 7.16. The molecule has 21 heavy (non-hydrogen) atoms. The van der Waals surface area contributed by atoms with Gasteiger partial charge in [-0.15, -0.1) is 0 Å². The smallest absolute Gasteiger partial charge is 0.0695 e. The van der Waals surface area contributed by atoms with E-state index < -0.39 is 0 Å². The highest BCUT2D eigenvalue weighted by atomic mass is 16.3. The number of aliphatic hydroxyl groups is 1. The van der Waals surface area contributed by atoms with Crippen molar-refractivity contribution in [2.75, 3.05) is 32.7 Å². The Morgan fingerprint density at radius 2 is 1.67 bits per heavy atom. The van der Waals surface area contributed by atoms with E-state index >= 15 is 0 Å². The van der Waals surface area contributed by atoms with E-state index in [4.69, 9.17) is 0 Å². The first-order valence-corrected chi connectivity index (χ1v) is 9.30. The van der Waals surface area contributed by atoms with Crippen molar-refractivity contribution in [1.82, 2.24) is 9.80 Å². The average Bonchev–Trinajstić information content (AvgIpc) is 2.50. The van der Waals surface area contributed by atoms with Gasteiger partial charge in [-0.05, 0) is 64.3 Å². The third-order valence-corrected chi connectivity index (χ3v) is 5.28. The fraction of sp³-hybridized carbons (Fsp3) is 1.00.